The molecule has 1 heterocycles. The lowest BCUT2D eigenvalue weighted by molar-refractivity contribution is -0.274. The topological polar surface area (TPSA) is 58.6 Å². The van der Waals surface area contributed by atoms with Gasteiger partial charge in [-0.15, -0.1) is 13.2 Å². The van der Waals surface area contributed by atoms with Gasteiger partial charge in [0.15, 0.2) is 0 Å². The van der Waals surface area contributed by atoms with Crippen LogP contribution in [0, 0.1) is 0 Å². The van der Waals surface area contributed by atoms with Gasteiger partial charge in [-0.25, -0.2) is 13.1 Å². The fraction of sp³-hybridized carbons (Fsp3) is 0.280. The van der Waals surface area contributed by atoms with Crippen molar-refractivity contribution in [1.82, 2.24) is 9.62 Å². The molecule has 1 saturated heterocycles. The second-order valence-corrected chi connectivity index (χ2v) is 10.3. The molecule has 5 nitrogen and oxygen atoms in total. The smallest absolute Gasteiger partial charge is 0.406 e. The van der Waals surface area contributed by atoms with E-state index in [1.807, 2.05) is 24.3 Å². The molecule has 178 valence electrons. The van der Waals surface area contributed by atoms with E-state index in [9.17, 15) is 21.6 Å². The van der Waals surface area contributed by atoms with E-state index < -0.39 is 22.1 Å². The standard InChI is InChI=1S/C25H23F3N2O3S/c26-25(27,28)33-18-11-13-19(14-12-18)34(31,32)29-17-6-5-15-30(16-17)24-22-9-3-1-7-20(22)21-8-2-4-10-23(21)24/h1-4,7-14,17,24,29H,5-6,15-16H2/t17-/m1/s1. The fourth-order valence-corrected chi connectivity index (χ4v) is 6.23. The number of piperidine rings is 1. The third-order valence-corrected chi connectivity index (χ3v) is 7.84. The van der Waals surface area contributed by atoms with Gasteiger partial charge in [0.1, 0.15) is 5.75 Å². The number of hydrogen-bond donors (Lipinski definition) is 1. The zero-order chi connectivity index (χ0) is 23.9. The number of rotatable bonds is 5. The number of hydrogen-bond acceptors (Lipinski definition) is 4. The summed E-state index contributed by atoms with van der Waals surface area (Å²) < 4.78 is 69.6. The lowest BCUT2D eigenvalue weighted by Crippen LogP contribution is -2.48. The Morgan fingerprint density at radius 2 is 1.47 bits per heavy atom. The van der Waals surface area contributed by atoms with E-state index in [4.69, 9.17) is 0 Å². The monoisotopic (exact) mass is 488 g/mol. The van der Waals surface area contributed by atoms with Gasteiger partial charge < -0.3 is 4.74 Å². The first kappa shape index (κ1) is 22.9. The molecule has 3 aromatic carbocycles. The van der Waals surface area contributed by atoms with E-state index in [1.165, 1.54) is 22.3 Å². The molecule has 0 unspecified atom stereocenters. The van der Waals surface area contributed by atoms with Crippen LogP contribution in [0.3, 0.4) is 0 Å². The van der Waals surface area contributed by atoms with Crippen molar-refractivity contribution in [3.63, 3.8) is 0 Å². The van der Waals surface area contributed by atoms with Gasteiger partial charge in [0.25, 0.3) is 0 Å². The fourth-order valence-electron chi connectivity index (χ4n) is 4.97. The van der Waals surface area contributed by atoms with Gasteiger partial charge in [0, 0.05) is 12.6 Å². The number of alkyl halides is 3. The molecule has 34 heavy (non-hydrogen) atoms. The number of nitrogens with one attached hydrogen (secondary N) is 1. The Labute approximate surface area is 196 Å². The Balaban J connectivity index is 1.33. The molecule has 3 aromatic rings. The molecule has 9 heteroatoms. The summed E-state index contributed by atoms with van der Waals surface area (Å²) in [6.45, 7) is 1.37. The van der Waals surface area contributed by atoms with E-state index in [0.717, 1.165) is 37.2 Å². The van der Waals surface area contributed by atoms with Gasteiger partial charge in [-0.05, 0) is 65.9 Å². The Kier molecular flexibility index (Phi) is 5.87. The summed E-state index contributed by atoms with van der Waals surface area (Å²) in [5.41, 5.74) is 4.83. The first-order chi connectivity index (χ1) is 16.2. The van der Waals surface area contributed by atoms with Crippen LogP contribution in [0.4, 0.5) is 13.2 Å². The number of benzene rings is 3. The number of nitrogens with zero attached hydrogens (tertiary/aromatic N) is 1. The van der Waals surface area contributed by atoms with Crippen LogP contribution in [0.15, 0.2) is 77.7 Å². The highest BCUT2D eigenvalue weighted by Crippen LogP contribution is 2.46. The van der Waals surface area contributed by atoms with Crippen LogP contribution >= 0.6 is 0 Å². The van der Waals surface area contributed by atoms with Crippen LogP contribution in [-0.2, 0) is 10.0 Å². The summed E-state index contributed by atoms with van der Waals surface area (Å²) in [6, 6.07) is 20.5. The van der Waals surface area contributed by atoms with Crippen molar-refractivity contribution in [1.29, 1.82) is 0 Å². The van der Waals surface area contributed by atoms with Gasteiger partial charge >= 0.3 is 6.36 Å². The zero-order valence-electron chi connectivity index (χ0n) is 18.1. The first-order valence-corrected chi connectivity index (χ1v) is 12.5. The highest BCUT2D eigenvalue weighted by Gasteiger charge is 2.36. The van der Waals surface area contributed by atoms with Gasteiger partial charge in [0.2, 0.25) is 10.0 Å². The SMILES string of the molecule is O=S(=O)(N[C@@H]1CCCN(C2c3ccccc3-c3ccccc32)C1)c1ccc(OC(F)(F)F)cc1. The molecule has 0 bridgehead atoms. The largest absolute Gasteiger partial charge is 0.573 e. The predicted octanol–water partition coefficient (Wildman–Crippen LogP) is 5.10. The molecule has 0 radical (unpaired) electrons. The van der Waals surface area contributed by atoms with Crippen LogP contribution in [-0.4, -0.2) is 38.8 Å². The lowest BCUT2D eigenvalue weighted by atomic mass is 9.98. The second kappa shape index (κ2) is 8.72. The lowest BCUT2D eigenvalue weighted by Gasteiger charge is -2.37. The number of fused-ring (bicyclic) bond motifs is 3. The van der Waals surface area contributed by atoms with Crippen LogP contribution in [0.1, 0.15) is 30.0 Å². The molecule has 0 aromatic heterocycles. The highest BCUT2D eigenvalue weighted by atomic mass is 32.2. The molecular weight excluding hydrogens is 465 g/mol. The molecule has 1 aliphatic heterocycles. The Morgan fingerprint density at radius 3 is 2.06 bits per heavy atom. The summed E-state index contributed by atoms with van der Waals surface area (Å²) >= 11 is 0. The third-order valence-electron chi connectivity index (χ3n) is 6.31. The van der Waals surface area contributed by atoms with Crippen molar-refractivity contribution in [2.24, 2.45) is 0 Å². The van der Waals surface area contributed by atoms with Crippen molar-refractivity contribution >= 4 is 10.0 Å². The molecule has 5 rings (SSSR count). The predicted molar refractivity (Wildman–Crippen MR) is 122 cm³/mol. The van der Waals surface area contributed by atoms with Gasteiger partial charge in [-0.1, -0.05) is 48.5 Å². The van der Waals surface area contributed by atoms with E-state index in [1.54, 1.807) is 0 Å². The number of likely N-dealkylation sites (tertiary alicyclic amines) is 1. The van der Waals surface area contributed by atoms with Crippen molar-refractivity contribution in [2.75, 3.05) is 13.1 Å². The van der Waals surface area contributed by atoms with E-state index >= 15 is 0 Å². The molecular formula is C25H23F3N2O3S. The maximum Gasteiger partial charge on any atom is 0.573 e. The van der Waals surface area contributed by atoms with E-state index in [-0.39, 0.29) is 17.0 Å². The van der Waals surface area contributed by atoms with Crippen molar-refractivity contribution in [3.8, 4) is 16.9 Å². The summed E-state index contributed by atoms with van der Waals surface area (Å²) in [7, 11) is -3.90. The summed E-state index contributed by atoms with van der Waals surface area (Å²) in [6.07, 6.45) is -3.32. The Hall–Kier alpha value is -2.88. The minimum absolute atomic E-state index is 0.0542. The molecule has 1 N–H and O–H groups in total. The van der Waals surface area contributed by atoms with Crippen molar-refractivity contribution < 1.29 is 26.3 Å². The number of ether oxygens (including phenoxy) is 1. The molecule has 0 saturated carbocycles. The Bertz CT molecular complexity index is 1250. The molecule has 0 amide bonds. The van der Waals surface area contributed by atoms with Crippen molar-refractivity contribution in [3.05, 3.63) is 83.9 Å². The van der Waals surface area contributed by atoms with E-state index in [0.29, 0.717) is 13.0 Å². The van der Waals surface area contributed by atoms with Crippen LogP contribution < -0.4 is 9.46 Å². The second-order valence-electron chi connectivity index (χ2n) is 8.55. The average Bonchev–Trinajstić information content (AvgIpc) is 3.13. The van der Waals surface area contributed by atoms with Crippen LogP contribution in [0.25, 0.3) is 11.1 Å². The number of sulfonamides is 1. The summed E-state index contributed by atoms with van der Waals surface area (Å²) in [4.78, 5) is 2.21. The molecule has 1 fully saturated rings. The number of halogens is 3. The third kappa shape index (κ3) is 4.55. The molecule has 1 atom stereocenters. The van der Waals surface area contributed by atoms with Crippen LogP contribution in [0.5, 0.6) is 5.75 Å². The highest BCUT2D eigenvalue weighted by molar-refractivity contribution is 7.89. The Morgan fingerprint density at radius 1 is 0.882 bits per heavy atom. The maximum absolute atomic E-state index is 12.9. The average molecular weight is 489 g/mol. The molecule has 2 aliphatic rings. The van der Waals surface area contributed by atoms with Gasteiger partial charge in [0.05, 0.1) is 10.9 Å². The van der Waals surface area contributed by atoms with Gasteiger partial charge in [-0.3, -0.25) is 4.90 Å². The zero-order valence-corrected chi connectivity index (χ0v) is 18.9. The first-order valence-electron chi connectivity index (χ1n) is 11.0. The van der Waals surface area contributed by atoms with Gasteiger partial charge in [-0.2, -0.15) is 0 Å². The maximum atomic E-state index is 12.9. The van der Waals surface area contributed by atoms with E-state index in [2.05, 4.69) is 38.6 Å². The van der Waals surface area contributed by atoms with Crippen molar-refractivity contribution in [2.45, 2.75) is 36.2 Å². The normalized spacial score (nSPS) is 19.0. The summed E-state index contributed by atoms with van der Waals surface area (Å²) in [5.74, 6) is -0.464. The minimum atomic E-state index is -4.83. The minimum Gasteiger partial charge on any atom is -0.406 e. The molecule has 1 aliphatic carbocycles. The van der Waals surface area contributed by atoms with Crippen LogP contribution in [0.2, 0.25) is 0 Å². The summed E-state index contributed by atoms with van der Waals surface area (Å²) in [5, 5.41) is 0. The quantitative estimate of drug-likeness (QED) is 0.543. The molecule has 0 spiro atoms.